The maximum Gasteiger partial charge on any atom is 0.186 e. The molecule has 0 aliphatic rings. The molecule has 0 saturated carbocycles. The van der Waals surface area contributed by atoms with Gasteiger partial charge in [-0.05, 0) is 32.6 Å². The summed E-state index contributed by atoms with van der Waals surface area (Å²) < 4.78 is 5.72. The van der Waals surface area contributed by atoms with Crippen LogP contribution in [0.2, 0.25) is 0 Å². The molecule has 5 heteroatoms. The first-order chi connectivity index (χ1) is 7.04. The molecule has 1 atom stereocenters. The van der Waals surface area contributed by atoms with Crippen LogP contribution in [0.5, 0.6) is 0 Å². The van der Waals surface area contributed by atoms with E-state index in [4.69, 9.17) is 15.6 Å². The van der Waals surface area contributed by atoms with Crippen molar-refractivity contribution in [1.29, 1.82) is 5.41 Å². The lowest BCUT2D eigenvalue weighted by molar-refractivity contribution is -0.0415. The highest BCUT2D eigenvalue weighted by Gasteiger charge is 2.51. The number of guanidine groups is 1. The minimum Gasteiger partial charge on any atom is -0.421 e. The molecule has 96 valence electrons. The van der Waals surface area contributed by atoms with Gasteiger partial charge in [0.15, 0.2) is 5.96 Å². The Labute approximate surface area is 102 Å². The van der Waals surface area contributed by atoms with Crippen LogP contribution < -0.4 is 11.1 Å². The summed E-state index contributed by atoms with van der Waals surface area (Å²) in [6.45, 7) is 12.7. The molecule has 16 heavy (non-hydrogen) atoms. The van der Waals surface area contributed by atoms with Crippen molar-refractivity contribution in [3.63, 3.8) is 0 Å². The Morgan fingerprint density at radius 1 is 1.31 bits per heavy atom. The lowest BCUT2D eigenvalue weighted by atomic mass is 9.63. The third-order valence-electron chi connectivity index (χ3n) is 4.34. The summed E-state index contributed by atoms with van der Waals surface area (Å²) in [4.78, 5) is 0. The van der Waals surface area contributed by atoms with Gasteiger partial charge in [-0.25, -0.2) is 0 Å². The highest BCUT2D eigenvalue weighted by atomic mass is 28.2. The topological polar surface area (TPSA) is 71.1 Å². The van der Waals surface area contributed by atoms with E-state index in [1.165, 1.54) is 0 Å². The van der Waals surface area contributed by atoms with Crippen molar-refractivity contribution in [2.24, 2.45) is 11.1 Å². The monoisotopic (exact) mass is 245 g/mol. The normalized spacial score (nSPS) is 16.9. The smallest absolute Gasteiger partial charge is 0.186 e. The molecule has 1 unspecified atom stereocenters. The zero-order chi connectivity index (χ0) is 13.2. The number of nitrogens with one attached hydrogen (secondary N) is 2. The van der Waals surface area contributed by atoms with Crippen molar-refractivity contribution < 1.29 is 4.43 Å². The maximum atomic E-state index is 7.48. The summed E-state index contributed by atoms with van der Waals surface area (Å²) in [5.41, 5.74) is 4.76. The molecule has 0 spiro atoms. The van der Waals surface area contributed by atoms with Crippen LogP contribution in [0.25, 0.3) is 0 Å². The minimum atomic E-state index is -0.373. The number of hydrogen-bond donors (Lipinski definition) is 3. The van der Waals surface area contributed by atoms with Gasteiger partial charge in [0.1, 0.15) is 10.5 Å². The van der Waals surface area contributed by atoms with E-state index in [9.17, 15) is 0 Å². The minimum absolute atomic E-state index is 0.00387. The number of nitrogens with two attached hydrogens (primary N) is 1. The maximum absolute atomic E-state index is 7.48. The van der Waals surface area contributed by atoms with Gasteiger partial charge < -0.3 is 15.5 Å². The molecule has 0 aromatic rings. The Kier molecular flexibility index (Phi) is 4.59. The Morgan fingerprint density at radius 2 is 1.75 bits per heavy atom. The molecule has 0 fully saturated rings. The Hall–Kier alpha value is -0.553. The zero-order valence-corrected chi connectivity index (χ0v) is 13.7. The van der Waals surface area contributed by atoms with Gasteiger partial charge in [0.05, 0.1) is 11.1 Å². The summed E-state index contributed by atoms with van der Waals surface area (Å²) >= 11 is 0. The predicted octanol–water partition coefficient (Wildman–Crippen LogP) is 0.740. The molecule has 4 N–H and O–H groups in total. The SMILES string of the molecule is CCC(C)(C)C(C)(NC(=N)N)C(C)(C)O[SiH3]. The largest absolute Gasteiger partial charge is 0.421 e. The molecule has 0 rings (SSSR count). The lowest BCUT2D eigenvalue weighted by Gasteiger charge is -2.53. The molecule has 4 nitrogen and oxygen atoms in total. The third kappa shape index (κ3) is 2.57. The van der Waals surface area contributed by atoms with Gasteiger partial charge in [0.25, 0.3) is 0 Å². The van der Waals surface area contributed by atoms with Gasteiger partial charge in [-0.15, -0.1) is 0 Å². The van der Waals surface area contributed by atoms with Gasteiger partial charge in [0, 0.05) is 0 Å². The van der Waals surface area contributed by atoms with Crippen LogP contribution in [-0.4, -0.2) is 27.6 Å². The van der Waals surface area contributed by atoms with E-state index >= 15 is 0 Å². The van der Waals surface area contributed by atoms with Crippen LogP contribution in [0.3, 0.4) is 0 Å². The van der Waals surface area contributed by atoms with E-state index in [2.05, 4.69) is 33.0 Å². The summed E-state index contributed by atoms with van der Waals surface area (Å²) in [7, 11) is 0.664. The fraction of sp³-hybridized carbons (Fsp3) is 0.909. The van der Waals surface area contributed by atoms with Crippen LogP contribution in [0.1, 0.15) is 48.0 Å². The first-order valence-corrected chi connectivity index (χ1v) is 6.53. The molecule has 0 aliphatic carbocycles. The average Bonchev–Trinajstić information content (AvgIpc) is 2.16. The van der Waals surface area contributed by atoms with Gasteiger partial charge in [-0.1, -0.05) is 20.8 Å². The predicted molar refractivity (Wildman–Crippen MR) is 72.6 cm³/mol. The second-order valence-corrected chi connectivity index (χ2v) is 6.02. The van der Waals surface area contributed by atoms with Crippen molar-refractivity contribution in [3.8, 4) is 0 Å². The van der Waals surface area contributed by atoms with E-state index in [1.54, 1.807) is 0 Å². The van der Waals surface area contributed by atoms with Crippen molar-refractivity contribution in [3.05, 3.63) is 0 Å². The van der Waals surface area contributed by atoms with Crippen molar-refractivity contribution in [2.75, 3.05) is 0 Å². The number of hydrogen-bond acceptors (Lipinski definition) is 2. The van der Waals surface area contributed by atoms with Crippen molar-refractivity contribution in [2.45, 2.75) is 59.1 Å². The second-order valence-electron chi connectivity index (χ2n) is 5.62. The Balaban J connectivity index is 5.44. The first-order valence-electron chi connectivity index (χ1n) is 5.71. The zero-order valence-electron chi connectivity index (χ0n) is 11.7. The fourth-order valence-corrected chi connectivity index (χ4v) is 2.37. The molecule has 0 saturated heterocycles. The van der Waals surface area contributed by atoms with Crippen LogP contribution in [0, 0.1) is 10.8 Å². The van der Waals surface area contributed by atoms with Gasteiger partial charge in [-0.2, -0.15) is 0 Å². The average molecular weight is 245 g/mol. The molecule has 0 amide bonds. The van der Waals surface area contributed by atoms with Crippen LogP contribution >= 0.6 is 0 Å². The molecule has 0 heterocycles. The Bertz CT molecular complexity index is 248. The van der Waals surface area contributed by atoms with E-state index < -0.39 is 0 Å². The van der Waals surface area contributed by atoms with E-state index in [1.807, 2.05) is 13.8 Å². The van der Waals surface area contributed by atoms with E-state index in [-0.39, 0.29) is 22.5 Å². The lowest BCUT2D eigenvalue weighted by Crippen LogP contribution is -2.68. The van der Waals surface area contributed by atoms with Crippen LogP contribution in [0.4, 0.5) is 0 Å². The summed E-state index contributed by atoms with van der Waals surface area (Å²) in [5.74, 6) is -0.00387. The molecular formula is C11H27N3OSi. The molecule has 0 aromatic heterocycles. The van der Waals surface area contributed by atoms with E-state index in [0.29, 0.717) is 10.5 Å². The number of rotatable bonds is 5. The third-order valence-corrected chi connectivity index (χ3v) is 5.36. The van der Waals surface area contributed by atoms with Crippen molar-refractivity contribution in [1.82, 2.24) is 5.32 Å². The molecular weight excluding hydrogens is 218 g/mol. The first kappa shape index (κ1) is 15.4. The molecule has 0 aliphatic heterocycles. The quantitative estimate of drug-likeness (QED) is 0.380. The van der Waals surface area contributed by atoms with Gasteiger partial charge in [-0.3, -0.25) is 5.41 Å². The van der Waals surface area contributed by atoms with Gasteiger partial charge in [0.2, 0.25) is 0 Å². The highest BCUT2D eigenvalue weighted by molar-refractivity contribution is 5.98. The standard InChI is InChI=1S/C11H27N3OSi/c1-7-9(2,3)11(6,14-8(12)13)10(4,5)15-16/h7H2,1-6,16H3,(H4,12,13,14). The highest BCUT2D eigenvalue weighted by Crippen LogP contribution is 2.42. The molecule has 0 radical (unpaired) electrons. The Morgan fingerprint density at radius 3 is 2.00 bits per heavy atom. The fourth-order valence-electron chi connectivity index (χ4n) is 1.96. The summed E-state index contributed by atoms with van der Waals surface area (Å²) in [6, 6.07) is 0. The summed E-state index contributed by atoms with van der Waals surface area (Å²) in [6.07, 6.45) is 0.984. The molecule has 0 aromatic carbocycles. The molecule has 0 bridgehead atoms. The van der Waals surface area contributed by atoms with Crippen LogP contribution in [-0.2, 0) is 4.43 Å². The second kappa shape index (κ2) is 4.75. The van der Waals surface area contributed by atoms with E-state index in [0.717, 1.165) is 6.42 Å². The summed E-state index contributed by atoms with van der Waals surface area (Å²) in [5, 5.41) is 10.6. The van der Waals surface area contributed by atoms with Gasteiger partial charge >= 0.3 is 0 Å². The van der Waals surface area contributed by atoms with Crippen LogP contribution in [0.15, 0.2) is 0 Å². The van der Waals surface area contributed by atoms with Crippen molar-refractivity contribution >= 4 is 16.4 Å².